The minimum Gasteiger partial charge on any atom is -0.359 e. The molecule has 1 unspecified atom stereocenters. The number of nitrogens with zero attached hydrogens (tertiary/aromatic N) is 2. The third kappa shape index (κ3) is 4.53. The van der Waals surface area contributed by atoms with E-state index in [9.17, 15) is 0 Å². The predicted molar refractivity (Wildman–Crippen MR) is 83.6 cm³/mol. The van der Waals surface area contributed by atoms with Gasteiger partial charge in [-0.25, -0.2) is 0 Å². The second-order valence-electron chi connectivity index (χ2n) is 6.27. The molecular formula is C15H23N3S. The van der Waals surface area contributed by atoms with Crippen LogP contribution in [0.5, 0.6) is 0 Å². The summed E-state index contributed by atoms with van der Waals surface area (Å²) in [6, 6.07) is 4.07. The molecular weight excluding hydrogens is 254 g/mol. The number of aryl methyl sites for hydroxylation is 1. The molecule has 1 N–H and O–H groups in total. The van der Waals surface area contributed by atoms with Crippen LogP contribution >= 0.6 is 11.8 Å². The van der Waals surface area contributed by atoms with Gasteiger partial charge in [0.1, 0.15) is 0 Å². The zero-order valence-electron chi connectivity index (χ0n) is 12.2. The number of hydrogen-bond donors (Lipinski definition) is 1. The second-order valence-corrected chi connectivity index (χ2v) is 7.56. The van der Waals surface area contributed by atoms with Crippen molar-refractivity contribution in [2.24, 2.45) is 10.4 Å². The van der Waals surface area contributed by atoms with E-state index in [0.29, 0.717) is 10.7 Å². The number of hydrogen-bond acceptors (Lipinski definition) is 4. The third-order valence-corrected chi connectivity index (χ3v) is 4.23. The van der Waals surface area contributed by atoms with Crippen LogP contribution in [0, 0.1) is 12.3 Å². The van der Waals surface area contributed by atoms with Gasteiger partial charge < -0.3 is 5.32 Å². The van der Waals surface area contributed by atoms with Crippen molar-refractivity contribution < 1.29 is 0 Å². The molecule has 1 aliphatic rings. The van der Waals surface area contributed by atoms with Crippen molar-refractivity contribution in [3.63, 3.8) is 0 Å². The van der Waals surface area contributed by atoms with Gasteiger partial charge in [-0.15, -0.1) is 0 Å². The van der Waals surface area contributed by atoms with E-state index in [1.165, 1.54) is 12.0 Å². The lowest BCUT2D eigenvalue weighted by molar-refractivity contribution is 0.375. The highest BCUT2D eigenvalue weighted by atomic mass is 32.2. The number of aromatic nitrogens is 1. The maximum atomic E-state index is 4.59. The fourth-order valence-electron chi connectivity index (χ4n) is 2.17. The van der Waals surface area contributed by atoms with Crippen LogP contribution in [0.25, 0.3) is 0 Å². The first-order valence-corrected chi connectivity index (χ1v) is 7.67. The first-order chi connectivity index (χ1) is 8.94. The van der Waals surface area contributed by atoms with Crippen molar-refractivity contribution in [2.45, 2.75) is 45.9 Å². The zero-order valence-corrected chi connectivity index (χ0v) is 13.0. The van der Waals surface area contributed by atoms with Gasteiger partial charge in [-0.05, 0) is 30.4 Å². The molecule has 19 heavy (non-hydrogen) atoms. The van der Waals surface area contributed by atoms with Gasteiger partial charge in [-0.2, -0.15) is 0 Å². The first-order valence-electron chi connectivity index (χ1n) is 6.79. The van der Waals surface area contributed by atoms with Crippen LogP contribution in [-0.2, 0) is 6.54 Å². The van der Waals surface area contributed by atoms with E-state index in [4.69, 9.17) is 0 Å². The second kappa shape index (κ2) is 5.95. The van der Waals surface area contributed by atoms with Gasteiger partial charge in [0, 0.05) is 11.4 Å². The highest BCUT2D eigenvalue weighted by Gasteiger charge is 2.24. The molecule has 2 rings (SSSR count). The normalized spacial score (nSPS) is 19.4. The van der Waals surface area contributed by atoms with Crippen LogP contribution in [-0.4, -0.2) is 21.9 Å². The number of thioether (sulfide) groups is 1. The molecule has 0 bridgehead atoms. The smallest absolute Gasteiger partial charge is 0.157 e. The van der Waals surface area contributed by atoms with Gasteiger partial charge in [-0.3, -0.25) is 9.98 Å². The Morgan fingerprint density at radius 2 is 2.21 bits per heavy atom. The van der Waals surface area contributed by atoms with Crippen LogP contribution in [0.3, 0.4) is 0 Å². The predicted octanol–water partition coefficient (Wildman–Crippen LogP) is 3.39. The van der Waals surface area contributed by atoms with Crippen LogP contribution < -0.4 is 5.32 Å². The van der Waals surface area contributed by atoms with Gasteiger partial charge in [0.25, 0.3) is 0 Å². The highest BCUT2D eigenvalue weighted by molar-refractivity contribution is 8.14. The Kier molecular flexibility index (Phi) is 4.50. The van der Waals surface area contributed by atoms with Crippen LogP contribution in [0.2, 0.25) is 0 Å². The van der Waals surface area contributed by atoms with Crippen molar-refractivity contribution in [2.75, 3.05) is 6.54 Å². The summed E-state index contributed by atoms with van der Waals surface area (Å²) in [5, 5.41) is 5.09. The van der Waals surface area contributed by atoms with Crippen molar-refractivity contribution in [1.29, 1.82) is 0 Å². The summed E-state index contributed by atoms with van der Waals surface area (Å²) in [5.41, 5.74) is 2.70. The molecule has 0 aliphatic carbocycles. The minimum absolute atomic E-state index is 0.375. The molecule has 0 amide bonds. The number of aliphatic imine (C=N–C) groups is 1. The SMILES string of the molecule is Cc1cccnc1CNC1=NCC(CC(C)(C)C)S1. The van der Waals surface area contributed by atoms with Crippen molar-refractivity contribution in [3.05, 3.63) is 29.6 Å². The molecule has 3 nitrogen and oxygen atoms in total. The molecule has 1 aromatic heterocycles. The monoisotopic (exact) mass is 277 g/mol. The summed E-state index contributed by atoms with van der Waals surface area (Å²) in [6.45, 7) is 10.7. The Labute approximate surface area is 120 Å². The lowest BCUT2D eigenvalue weighted by atomic mass is 9.90. The van der Waals surface area contributed by atoms with Crippen molar-refractivity contribution in [3.8, 4) is 0 Å². The summed E-state index contributed by atoms with van der Waals surface area (Å²) in [5.74, 6) is 0. The summed E-state index contributed by atoms with van der Waals surface area (Å²) < 4.78 is 0. The van der Waals surface area contributed by atoms with E-state index < -0.39 is 0 Å². The quantitative estimate of drug-likeness (QED) is 0.920. The van der Waals surface area contributed by atoms with Gasteiger partial charge >= 0.3 is 0 Å². The summed E-state index contributed by atoms with van der Waals surface area (Å²) >= 11 is 1.87. The summed E-state index contributed by atoms with van der Waals surface area (Å²) in [4.78, 5) is 8.98. The van der Waals surface area contributed by atoms with Crippen LogP contribution in [0.1, 0.15) is 38.4 Å². The maximum Gasteiger partial charge on any atom is 0.157 e. The zero-order chi connectivity index (χ0) is 13.9. The lowest BCUT2D eigenvalue weighted by Crippen LogP contribution is -2.21. The van der Waals surface area contributed by atoms with E-state index in [2.05, 4.69) is 49.1 Å². The number of nitrogens with one attached hydrogen (secondary N) is 1. The van der Waals surface area contributed by atoms with Gasteiger partial charge in [0.2, 0.25) is 0 Å². The molecule has 4 heteroatoms. The average Bonchev–Trinajstić information content (AvgIpc) is 2.73. The van der Waals surface area contributed by atoms with Gasteiger partial charge in [-0.1, -0.05) is 38.6 Å². The minimum atomic E-state index is 0.375. The van der Waals surface area contributed by atoms with Crippen LogP contribution in [0.15, 0.2) is 23.3 Å². The standard InChI is InChI=1S/C15H23N3S/c1-11-6-5-7-16-13(11)10-18-14-17-9-12(19-14)8-15(2,3)4/h5-7,12H,8-10H2,1-4H3,(H,17,18). The van der Waals surface area contributed by atoms with E-state index in [1.807, 2.05) is 24.0 Å². The largest absolute Gasteiger partial charge is 0.359 e. The molecule has 0 aromatic carbocycles. The van der Waals surface area contributed by atoms with E-state index in [0.717, 1.165) is 24.0 Å². The van der Waals surface area contributed by atoms with Gasteiger partial charge in [0.05, 0.1) is 18.8 Å². The number of pyridine rings is 1. The molecule has 0 spiro atoms. The van der Waals surface area contributed by atoms with Gasteiger partial charge in [0.15, 0.2) is 5.17 Å². The van der Waals surface area contributed by atoms with Crippen molar-refractivity contribution >= 4 is 16.9 Å². The number of amidine groups is 1. The number of rotatable bonds is 3. The molecule has 2 heterocycles. The van der Waals surface area contributed by atoms with E-state index in [-0.39, 0.29) is 0 Å². The average molecular weight is 277 g/mol. The van der Waals surface area contributed by atoms with E-state index >= 15 is 0 Å². The lowest BCUT2D eigenvalue weighted by Gasteiger charge is -2.21. The Hall–Kier alpha value is -1.03. The molecule has 0 saturated carbocycles. The van der Waals surface area contributed by atoms with Crippen LogP contribution in [0.4, 0.5) is 0 Å². The fourth-order valence-corrected chi connectivity index (χ4v) is 3.52. The summed E-state index contributed by atoms with van der Waals surface area (Å²) in [7, 11) is 0. The Morgan fingerprint density at radius 3 is 2.89 bits per heavy atom. The first kappa shape index (κ1) is 14.4. The molecule has 104 valence electrons. The molecule has 0 fully saturated rings. The Balaban J connectivity index is 1.81. The molecule has 0 radical (unpaired) electrons. The fraction of sp³-hybridized carbons (Fsp3) is 0.600. The molecule has 0 saturated heterocycles. The van der Waals surface area contributed by atoms with E-state index in [1.54, 1.807) is 0 Å². The molecule has 1 atom stereocenters. The Bertz CT molecular complexity index is 463. The Morgan fingerprint density at radius 1 is 1.42 bits per heavy atom. The molecule has 1 aliphatic heterocycles. The maximum absolute atomic E-state index is 4.59. The highest BCUT2D eigenvalue weighted by Crippen LogP contribution is 2.31. The van der Waals surface area contributed by atoms with Crippen molar-refractivity contribution in [1.82, 2.24) is 10.3 Å². The molecule has 1 aromatic rings. The summed E-state index contributed by atoms with van der Waals surface area (Å²) in [6.07, 6.45) is 3.05. The topological polar surface area (TPSA) is 37.3 Å². The third-order valence-electron chi connectivity index (χ3n) is 3.08.